The van der Waals surface area contributed by atoms with Crippen LogP contribution < -0.4 is 0 Å². The predicted octanol–water partition coefficient (Wildman–Crippen LogP) is 1.75. The van der Waals surface area contributed by atoms with Gasteiger partial charge in [-0.15, -0.1) is 0 Å². The van der Waals surface area contributed by atoms with Gasteiger partial charge in [-0.05, 0) is 0 Å². The first-order chi connectivity index (χ1) is 3.83. The number of hydrogen-bond acceptors (Lipinski definition) is 3. The van der Waals surface area contributed by atoms with Crippen molar-refractivity contribution in [3.63, 3.8) is 0 Å². The molecule has 0 saturated heterocycles. The Bertz CT molecular complexity index is 15.1. The highest BCUT2D eigenvalue weighted by atomic mass is 16.7. The van der Waals surface area contributed by atoms with Crippen molar-refractivity contribution in [2.45, 2.75) is 20.3 Å². The van der Waals surface area contributed by atoms with Gasteiger partial charge in [-0.2, -0.15) is 0 Å². The Morgan fingerprint density at radius 3 is 1.12 bits per heavy atom. The third-order valence-electron chi connectivity index (χ3n) is 0. The summed E-state index contributed by atoms with van der Waals surface area (Å²) in [7, 11) is 3.25. The molecule has 0 heterocycles. The second-order valence-electron chi connectivity index (χ2n) is 1.12. The quantitative estimate of drug-likeness (QED) is 0.491. The molecular formula is C5H14O3. The molecule has 0 aromatic rings. The van der Waals surface area contributed by atoms with Gasteiger partial charge in [-0.25, -0.2) is 0 Å². The third kappa shape index (κ3) is 597. The average molecular weight is 122 g/mol. The van der Waals surface area contributed by atoms with Crippen molar-refractivity contribution in [2.75, 3.05) is 14.2 Å². The maximum atomic E-state index is 7.00. The lowest BCUT2D eigenvalue weighted by Gasteiger charge is -1.61. The topological polar surface area (TPSA) is 43.4 Å². The van der Waals surface area contributed by atoms with Crippen LogP contribution in [0.2, 0.25) is 0 Å². The predicted molar refractivity (Wildman–Crippen MR) is 35.6 cm³/mol. The van der Waals surface area contributed by atoms with Crippen LogP contribution in [-0.4, -0.2) is 14.2 Å². The lowest BCUT2D eigenvalue weighted by Crippen LogP contribution is -1.55. The molecule has 8 heavy (non-hydrogen) atoms. The summed E-state index contributed by atoms with van der Waals surface area (Å²) in [5, 5.41) is 0. The maximum absolute atomic E-state index is 7.00. The standard InChI is InChI=1S/C3H8.C2H6O.O2/c2*1-3-2;1-2/h3H2,1-2H3;1-2H3;. The fourth-order valence-electron chi connectivity index (χ4n) is 0. The zero-order valence-corrected chi connectivity index (χ0v) is 5.93. The van der Waals surface area contributed by atoms with Crippen molar-refractivity contribution in [3.8, 4) is 0 Å². The second-order valence-corrected chi connectivity index (χ2v) is 1.12. The van der Waals surface area contributed by atoms with E-state index < -0.39 is 0 Å². The molecule has 0 N–H and O–H groups in total. The lowest BCUT2D eigenvalue weighted by atomic mass is 10.6. The van der Waals surface area contributed by atoms with E-state index in [4.69, 9.17) is 9.93 Å². The molecule has 0 aromatic carbocycles. The van der Waals surface area contributed by atoms with E-state index in [0.717, 1.165) is 0 Å². The van der Waals surface area contributed by atoms with E-state index in [1.807, 2.05) is 0 Å². The molecule has 0 spiro atoms. The molecule has 0 aliphatic heterocycles. The fourth-order valence-corrected chi connectivity index (χ4v) is 0. The van der Waals surface area contributed by atoms with Crippen molar-refractivity contribution in [1.29, 1.82) is 0 Å². The SMILES string of the molecule is CCC.COC.O=O. The molecule has 0 aromatic heterocycles. The number of ether oxygens (including phenoxy) is 1. The van der Waals surface area contributed by atoms with E-state index in [9.17, 15) is 0 Å². The van der Waals surface area contributed by atoms with Crippen LogP contribution in [0.4, 0.5) is 0 Å². The van der Waals surface area contributed by atoms with E-state index in [1.165, 1.54) is 6.42 Å². The van der Waals surface area contributed by atoms with Gasteiger partial charge in [-0.3, -0.25) is 0 Å². The Morgan fingerprint density at radius 2 is 1.12 bits per heavy atom. The van der Waals surface area contributed by atoms with Crippen LogP contribution in [0.25, 0.3) is 0 Å². The summed E-state index contributed by atoms with van der Waals surface area (Å²) in [6.07, 6.45) is 1.25. The molecule has 0 unspecified atom stereocenters. The minimum Gasteiger partial charge on any atom is -0.388 e. The van der Waals surface area contributed by atoms with Gasteiger partial charge in [0.1, 0.15) is 0 Å². The summed E-state index contributed by atoms with van der Waals surface area (Å²) < 4.78 is 4.25. The summed E-state index contributed by atoms with van der Waals surface area (Å²) in [5.74, 6) is 0. The van der Waals surface area contributed by atoms with Crippen LogP contribution in [0.3, 0.4) is 0 Å². The van der Waals surface area contributed by atoms with Crippen LogP contribution in [0, 0.1) is 9.93 Å². The van der Waals surface area contributed by atoms with Crippen LogP contribution in [0.15, 0.2) is 0 Å². The fraction of sp³-hybridized carbons (Fsp3) is 1.00. The van der Waals surface area contributed by atoms with Gasteiger partial charge in [0.2, 0.25) is 0 Å². The molecular weight excluding hydrogens is 108 g/mol. The van der Waals surface area contributed by atoms with Gasteiger partial charge in [0.25, 0.3) is 0 Å². The molecule has 0 bridgehead atoms. The summed E-state index contributed by atoms with van der Waals surface area (Å²) in [6, 6.07) is 0. The molecule has 52 valence electrons. The highest BCUT2D eigenvalue weighted by molar-refractivity contribution is 4.07. The average Bonchev–Trinajstić information content (AvgIpc) is 1.75. The van der Waals surface area contributed by atoms with E-state index in [1.54, 1.807) is 14.2 Å². The Hall–Kier alpha value is -0.440. The first kappa shape index (κ1) is 15.6. The van der Waals surface area contributed by atoms with Crippen LogP contribution in [0.1, 0.15) is 20.3 Å². The normalized spacial score (nSPS) is 5.00. The van der Waals surface area contributed by atoms with Crippen molar-refractivity contribution in [1.82, 2.24) is 0 Å². The van der Waals surface area contributed by atoms with Gasteiger partial charge >= 0.3 is 0 Å². The minimum absolute atomic E-state index is 1.25. The highest BCUT2D eigenvalue weighted by Crippen LogP contribution is 1.56. The third-order valence-corrected chi connectivity index (χ3v) is 0. The monoisotopic (exact) mass is 122 g/mol. The molecule has 0 aliphatic carbocycles. The molecule has 0 fully saturated rings. The number of methoxy groups -OCH3 is 1. The second kappa shape index (κ2) is 83.3. The Morgan fingerprint density at radius 1 is 1.12 bits per heavy atom. The van der Waals surface area contributed by atoms with Gasteiger partial charge in [-0.1, -0.05) is 20.3 Å². The molecule has 0 radical (unpaired) electrons. The van der Waals surface area contributed by atoms with Gasteiger partial charge in [0.15, 0.2) is 0 Å². The van der Waals surface area contributed by atoms with Crippen molar-refractivity contribution < 1.29 is 4.74 Å². The highest BCUT2D eigenvalue weighted by Gasteiger charge is 1.35. The van der Waals surface area contributed by atoms with E-state index >= 15 is 0 Å². The molecule has 0 atom stereocenters. The first-order valence-electron chi connectivity index (χ1n) is 2.40. The molecule has 0 saturated carbocycles. The Balaban J connectivity index is -0.0000000483. The van der Waals surface area contributed by atoms with E-state index in [0.29, 0.717) is 0 Å². The molecule has 3 nitrogen and oxygen atoms in total. The zero-order chi connectivity index (χ0) is 7.41. The van der Waals surface area contributed by atoms with Crippen LogP contribution in [-0.2, 0) is 4.74 Å². The van der Waals surface area contributed by atoms with Gasteiger partial charge in [0, 0.05) is 24.1 Å². The Labute approximate surface area is 50.3 Å². The van der Waals surface area contributed by atoms with Gasteiger partial charge in [0.05, 0.1) is 0 Å². The summed E-state index contributed by atoms with van der Waals surface area (Å²) in [5.41, 5.74) is 0. The maximum Gasteiger partial charge on any atom is 0.0351 e. The molecule has 0 amide bonds. The smallest absolute Gasteiger partial charge is 0.0351 e. The van der Waals surface area contributed by atoms with E-state index in [-0.39, 0.29) is 0 Å². The zero-order valence-electron chi connectivity index (χ0n) is 5.93. The number of rotatable bonds is 0. The molecule has 0 rings (SSSR count). The van der Waals surface area contributed by atoms with Crippen molar-refractivity contribution in [3.05, 3.63) is 9.93 Å². The summed E-state index contributed by atoms with van der Waals surface area (Å²) >= 11 is 0. The minimum atomic E-state index is 1.25. The van der Waals surface area contributed by atoms with Crippen molar-refractivity contribution >= 4 is 0 Å². The first-order valence-corrected chi connectivity index (χ1v) is 2.40. The molecule has 0 aliphatic rings. The van der Waals surface area contributed by atoms with Crippen LogP contribution in [0.5, 0.6) is 0 Å². The summed E-state index contributed by atoms with van der Waals surface area (Å²) in [6.45, 7) is 4.25. The lowest BCUT2D eigenvalue weighted by molar-refractivity contribution is 0.277. The summed E-state index contributed by atoms with van der Waals surface area (Å²) in [4.78, 5) is 14.0. The van der Waals surface area contributed by atoms with Crippen LogP contribution >= 0.6 is 0 Å². The molecule has 3 heteroatoms. The Kier molecular flexibility index (Phi) is 163. The number of hydrogen-bond donors (Lipinski definition) is 0. The van der Waals surface area contributed by atoms with Gasteiger partial charge < -0.3 is 4.74 Å². The largest absolute Gasteiger partial charge is 0.388 e. The van der Waals surface area contributed by atoms with Crippen molar-refractivity contribution in [2.24, 2.45) is 0 Å². The van der Waals surface area contributed by atoms with E-state index in [2.05, 4.69) is 18.6 Å².